The van der Waals surface area contributed by atoms with Crippen molar-refractivity contribution in [2.24, 2.45) is 7.05 Å². The van der Waals surface area contributed by atoms with Gasteiger partial charge in [-0.05, 0) is 25.1 Å². The molecule has 0 bridgehead atoms. The summed E-state index contributed by atoms with van der Waals surface area (Å²) >= 11 is 5.93. The van der Waals surface area contributed by atoms with Gasteiger partial charge in [0.15, 0.2) is 5.82 Å². The zero-order valence-corrected chi connectivity index (χ0v) is 12.9. The third-order valence-corrected chi connectivity index (χ3v) is 3.57. The Morgan fingerprint density at radius 2 is 2.32 bits per heavy atom. The van der Waals surface area contributed by atoms with Crippen LogP contribution in [-0.2, 0) is 18.3 Å². The van der Waals surface area contributed by atoms with Crippen molar-refractivity contribution >= 4 is 28.5 Å². The highest BCUT2D eigenvalue weighted by Gasteiger charge is 2.15. The van der Waals surface area contributed by atoms with Crippen molar-refractivity contribution in [3.63, 3.8) is 0 Å². The highest BCUT2D eigenvalue weighted by atomic mass is 35.5. The molecule has 1 unspecified atom stereocenters. The van der Waals surface area contributed by atoms with E-state index in [0.717, 1.165) is 11.0 Å². The second-order valence-electron chi connectivity index (χ2n) is 5.11. The number of aromatic amines is 1. The number of benzene rings is 1. The lowest BCUT2D eigenvalue weighted by Gasteiger charge is -2.12. The van der Waals surface area contributed by atoms with Gasteiger partial charge in [0, 0.05) is 12.1 Å². The van der Waals surface area contributed by atoms with Crippen LogP contribution in [0, 0.1) is 0 Å². The number of H-pyrrole nitrogens is 1. The molecule has 1 aromatic carbocycles. The normalized spacial score (nSPS) is 12.5. The van der Waals surface area contributed by atoms with Gasteiger partial charge in [-0.15, -0.1) is 10.2 Å². The number of carbonyl (C=O) groups excluding carboxylic acids is 1. The molecule has 0 radical (unpaired) electrons. The molecule has 1 atom stereocenters. The standard InChI is InChI=1S/C14H15ClN6O/c1-8(14-20-16-7-21(14)2)17-13(22)6-12-18-10-4-3-9(15)5-11(10)19-12/h3-5,7-8H,6H2,1-2H3,(H,17,22)(H,18,19). The second-order valence-corrected chi connectivity index (χ2v) is 5.55. The number of carbonyl (C=O) groups is 1. The molecule has 3 aromatic rings. The van der Waals surface area contributed by atoms with E-state index >= 15 is 0 Å². The summed E-state index contributed by atoms with van der Waals surface area (Å²) in [4.78, 5) is 19.6. The number of rotatable bonds is 4. The first-order valence-electron chi connectivity index (χ1n) is 6.80. The molecule has 0 aliphatic carbocycles. The van der Waals surface area contributed by atoms with Crippen LogP contribution in [0.5, 0.6) is 0 Å². The predicted molar refractivity (Wildman–Crippen MR) is 82.4 cm³/mol. The zero-order chi connectivity index (χ0) is 15.7. The number of imidazole rings is 1. The summed E-state index contributed by atoms with van der Waals surface area (Å²) in [6.07, 6.45) is 1.76. The average molecular weight is 319 g/mol. The number of hydrogen-bond acceptors (Lipinski definition) is 4. The maximum absolute atomic E-state index is 12.1. The summed E-state index contributed by atoms with van der Waals surface area (Å²) in [6.45, 7) is 1.86. The summed E-state index contributed by atoms with van der Waals surface area (Å²) in [7, 11) is 1.83. The highest BCUT2D eigenvalue weighted by molar-refractivity contribution is 6.31. The first-order valence-corrected chi connectivity index (χ1v) is 7.18. The first-order chi connectivity index (χ1) is 10.5. The second kappa shape index (κ2) is 5.76. The van der Waals surface area contributed by atoms with Crippen LogP contribution in [0.25, 0.3) is 11.0 Å². The van der Waals surface area contributed by atoms with Crippen LogP contribution in [0.3, 0.4) is 0 Å². The molecule has 0 saturated heterocycles. The van der Waals surface area contributed by atoms with Crippen LogP contribution in [0.4, 0.5) is 0 Å². The van der Waals surface area contributed by atoms with Gasteiger partial charge in [-0.25, -0.2) is 4.98 Å². The highest BCUT2D eigenvalue weighted by Crippen LogP contribution is 2.17. The molecule has 2 aromatic heterocycles. The Bertz CT molecular complexity index is 824. The molecule has 114 valence electrons. The Labute approximate surface area is 131 Å². The fourth-order valence-corrected chi connectivity index (χ4v) is 2.48. The number of amides is 1. The number of hydrogen-bond donors (Lipinski definition) is 2. The van der Waals surface area contributed by atoms with Gasteiger partial charge >= 0.3 is 0 Å². The van der Waals surface area contributed by atoms with Crippen LogP contribution >= 0.6 is 11.6 Å². The summed E-state index contributed by atoms with van der Waals surface area (Å²) < 4.78 is 1.77. The van der Waals surface area contributed by atoms with Gasteiger partial charge in [-0.1, -0.05) is 11.6 Å². The lowest BCUT2D eigenvalue weighted by molar-refractivity contribution is -0.121. The van der Waals surface area contributed by atoms with Crippen molar-refractivity contribution in [2.45, 2.75) is 19.4 Å². The minimum absolute atomic E-state index is 0.138. The molecule has 3 rings (SSSR count). The summed E-state index contributed by atoms with van der Waals surface area (Å²) in [5.74, 6) is 1.16. The summed E-state index contributed by atoms with van der Waals surface area (Å²) in [5, 5.41) is 11.3. The van der Waals surface area contributed by atoms with Crippen molar-refractivity contribution in [3.05, 3.63) is 41.2 Å². The lowest BCUT2D eigenvalue weighted by Crippen LogP contribution is -2.30. The molecule has 0 spiro atoms. The maximum Gasteiger partial charge on any atom is 0.228 e. The monoisotopic (exact) mass is 318 g/mol. The fraction of sp³-hybridized carbons (Fsp3) is 0.286. The van der Waals surface area contributed by atoms with E-state index in [1.54, 1.807) is 23.0 Å². The topological polar surface area (TPSA) is 88.5 Å². The minimum atomic E-state index is -0.223. The Balaban J connectivity index is 1.69. The fourth-order valence-electron chi connectivity index (χ4n) is 2.31. The molecular formula is C14H15ClN6O. The van der Waals surface area contributed by atoms with Gasteiger partial charge in [0.1, 0.15) is 12.2 Å². The Hall–Kier alpha value is -2.41. The molecule has 22 heavy (non-hydrogen) atoms. The quantitative estimate of drug-likeness (QED) is 0.767. The predicted octanol–water partition coefficient (Wildman–Crippen LogP) is 1.76. The lowest BCUT2D eigenvalue weighted by atomic mass is 10.3. The SMILES string of the molecule is CC(NC(=O)Cc1nc2ccc(Cl)cc2[nH]1)c1nncn1C. The van der Waals surface area contributed by atoms with E-state index in [1.807, 2.05) is 20.0 Å². The first kappa shape index (κ1) is 14.5. The van der Waals surface area contributed by atoms with Crippen LogP contribution in [0.1, 0.15) is 24.6 Å². The van der Waals surface area contributed by atoms with E-state index in [2.05, 4.69) is 25.5 Å². The van der Waals surface area contributed by atoms with Crippen LogP contribution < -0.4 is 5.32 Å². The van der Waals surface area contributed by atoms with Gasteiger partial charge in [-0.2, -0.15) is 0 Å². The molecule has 0 aliphatic rings. The van der Waals surface area contributed by atoms with E-state index in [0.29, 0.717) is 16.7 Å². The Kier molecular flexibility index (Phi) is 3.81. The van der Waals surface area contributed by atoms with Crippen molar-refractivity contribution in [2.75, 3.05) is 0 Å². The zero-order valence-electron chi connectivity index (χ0n) is 12.2. The van der Waals surface area contributed by atoms with E-state index in [1.165, 1.54) is 0 Å². The molecule has 0 fully saturated rings. The molecule has 0 aliphatic heterocycles. The van der Waals surface area contributed by atoms with E-state index in [9.17, 15) is 4.79 Å². The van der Waals surface area contributed by atoms with Gasteiger partial charge in [-0.3, -0.25) is 4.79 Å². The minimum Gasteiger partial charge on any atom is -0.346 e. The number of halogens is 1. The van der Waals surface area contributed by atoms with E-state index < -0.39 is 0 Å². The third-order valence-electron chi connectivity index (χ3n) is 3.33. The van der Waals surface area contributed by atoms with Crippen molar-refractivity contribution in [1.29, 1.82) is 0 Å². The van der Waals surface area contributed by atoms with Crippen molar-refractivity contribution < 1.29 is 4.79 Å². The number of aromatic nitrogens is 5. The van der Waals surface area contributed by atoms with Crippen molar-refractivity contribution in [1.82, 2.24) is 30.0 Å². The summed E-state index contributed by atoms with van der Waals surface area (Å²) in [5.41, 5.74) is 1.60. The third kappa shape index (κ3) is 2.94. The largest absolute Gasteiger partial charge is 0.346 e. The van der Waals surface area contributed by atoms with Gasteiger partial charge in [0.25, 0.3) is 0 Å². The van der Waals surface area contributed by atoms with Gasteiger partial charge in [0.2, 0.25) is 5.91 Å². The molecule has 1 amide bonds. The number of aryl methyl sites for hydroxylation is 1. The van der Waals surface area contributed by atoms with Gasteiger partial charge < -0.3 is 14.9 Å². The van der Waals surface area contributed by atoms with E-state index in [4.69, 9.17) is 11.6 Å². The van der Waals surface area contributed by atoms with E-state index in [-0.39, 0.29) is 18.4 Å². The average Bonchev–Trinajstić information content (AvgIpc) is 3.03. The van der Waals surface area contributed by atoms with Crippen molar-refractivity contribution in [3.8, 4) is 0 Å². The van der Waals surface area contributed by atoms with Crippen LogP contribution in [0.15, 0.2) is 24.5 Å². The smallest absolute Gasteiger partial charge is 0.228 e. The van der Waals surface area contributed by atoms with Crippen LogP contribution in [-0.4, -0.2) is 30.6 Å². The molecule has 0 saturated carbocycles. The molecule has 2 N–H and O–H groups in total. The molecule has 7 nitrogen and oxygen atoms in total. The van der Waals surface area contributed by atoms with Crippen LogP contribution in [0.2, 0.25) is 5.02 Å². The molecule has 2 heterocycles. The Morgan fingerprint density at radius 1 is 1.50 bits per heavy atom. The molecule has 8 heteroatoms. The molecular weight excluding hydrogens is 304 g/mol. The number of fused-ring (bicyclic) bond motifs is 1. The Morgan fingerprint density at radius 3 is 3.05 bits per heavy atom. The van der Waals surface area contributed by atoms with Gasteiger partial charge in [0.05, 0.1) is 23.5 Å². The number of nitrogens with zero attached hydrogens (tertiary/aromatic N) is 4. The summed E-state index contributed by atoms with van der Waals surface area (Å²) in [6, 6.07) is 5.15. The number of nitrogens with one attached hydrogen (secondary N) is 2. The maximum atomic E-state index is 12.1.